The van der Waals surface area contributed by atoms with Crippen molar-refractivity contribution >= 4 is 31.9 Å². The SMILES string of the molecule is CCC1OCCC1C(Br)c1ccc(OC)cc1Br. The molecule has 1 aromatic rings. The lowest BCUT2D eigenvalue weighted by atomic mass is 9.92. The summed E-state index contributed by atoms with van der Waals surface area (Å²) in [7, 11) is 1.69. The number of ether oxygens (including phenoxy) is 2. The van der Waals surface area contributed by atoms with Crippen molar-refractivity contribution in [3.63, 3.8) is 0 Å². The topological polar surface area (TPSA) is 18.5 Å². The minimum Gasteiger partial charge on any atom is -0.497 e. The minimum atomic E-state index is 0.324. The molecule has 18 heavy (non-hydrogen) atoms. The Labute approximate surface area is 125 Å². The molecule has 0 aliphatic carbocycles. The van der Waals surface area contributed by atoms with Crippen LogP contribution in [0.25, 0.3) is 0 Å². The van der Waals surface area contributed by atoms with Crippen molar-refractivity contribution in [2.45, 2.75) is 30.7 Å². The van der Waals surface area contributed by atoms with Crippen LogP contribution in [0, 0.1) is 5.92 Å². The lowest BCUT2D eigenvalue weighted by molar-refractivity contribution is 0.0872. The summed E-state index contributed by atoms with van der Waals surface area (Å²) in [4.78, 5) is 0.324. The summed E-state index contributed by atoms with van der Waals surface area (Å²) in [5.41, 5.74) is 1.27. The fourth-order valence-electron chi connectivity index (χ4n) is 2.51. The second-order valence-electron chi connectivity index (χ2n) is 4.56. The van der Waals surface area contributed by atoms with Crippen LogP contribution in [0.3, 0.4) is 0 Å². The highest BCUT2D eigenvalue weighted by molar-refractivity contribution is 9.11. The first-order valence-corrected chi connectivity index (χ1v) is 7.97. The van der Waals surface area contributed by atoms with Crippen LogP contribution in [-0.4, -0.2) is 19.8 Å². The molecular weight excluding hydrogens is 360 g/mol. The van der Waals surface area contributed by atoms with Crippen LogP contribution in [0.4, 0.5) is 0 Å². The average molecular weight is 378 g/mol. The van der Waals surface area contributed by atoms with Crippen LogP contribution in [0.15, 0.2) is 22.7 Å². The van der Waals surface area contributed by atoms with Gasteiger partial charge in [-0.1, -0.05) is 44.8 Å². The van der Waals surface area contributed by atoms with E-state index in [2.05, 4.69) is 44.8 Å². The second-order valence-corrected chi connectivity index (χ2v) is 6.40. The number of hydrogen-bond donors (Lipinski definition) is 0. The number of alkyl halides is 1. The van der Waals surface area contributed by atoms with Crippen LogP contribution >= 0.6 is 31.9 Å². The zero-order valence-corrected chi connectivity index (χ0v) is 13.8. The Morgan fingerprint density at radius 3 is 2.89 bits per heavy atom. The monoisotopic (exact) mass is 376 g/mol. The van der Waals surface area contributed by atoms with Crippen molar-refractivity contribution in [3.05, 3.63) is 28.2 Å². The van der Waals surface area contributed by atoms with Gasteiger partial charge in [-0.15, -0.1) is 0 Å². The Morgan fingerprint density at radius 1 is 1.50 bits per heavy atom. The predicted molar refractivity (Wildman–Crippen MR) is 80.5 cm³/mol. The van der Waals surface area contributed by atoms with E-state index in [-0.39, 0.29) is 0 Å². The van der Waals surface area contributed by atoms with Gasteiger partial charge in [0.15, 0.2) is 0 Å². The van der Waals surface area contributed by atoms with Gasteiger partial charge in [-0.05, 0) is 30.5 Å². The molecule has 2 rings (SSSR count). The molecule has 4 heteroatoms. The first-order valence-electron chi connectivity index (χ1n) is 6.26. The van der Waals surface area contributed by atoms with Gasteiger partial charge >= 0.3 is 0 Å². The van der Waals surface area contributed by atoms with E-state index in [0.717, 1.165) is 29.7 Å². The Hall–Kier alpha value is -0.0600. The van der Waals surface area contributed by atoms with Crippen molar-refractivity contribution in [1.29, 1.82) is 0 Å². The summed E-state index contributed by atoms with van der Waals surface area (Å²) in [5.74, 6) is 1.42. The van der Waals surface area contributed by atoms with Crippen LogP contribution < -0.4 is 4.74 Å². The molecular formula is C14H18Br2O2. The first kappa shape index (κ1) is 14.4. The van der Waals surface area contributed by atoms with Crippen molar-refractivity contribution in [1.82, 2.24) is 0 Å². The van der Waals surface area contributed by atoms with E-state index in [1.165, 1.54) is 5.56 Å². The molecule has 0 N–H and O–H groups in total. The van der Waals surface area contributed by atoms with E-state index in [1.807, 2.05) is 12.1 Å². The highest BCUT2D eigenvalue weighted by Crippen LogP contribution is 2.43. The number of hydrogen-bond acceptors (Lipinski definition) is 2. The molecule has 0 spiro atoms. The van der Waals surface area contributed by atoms with Gasteiger partial charge in [0.25, 0.3) is 0 Å². The van der Waals surface area contributed by atoms with Gasteiger partial charge in [0.1, 0.15) is 5.75 Å². The lowest BCUT2D eigenvalue weighted by Crippen LogP contribution is -2.19. The number of methoxy groups -OCH3 is 1. The maximum Gasteiger partial charge on any atom is 0.120 e. The Kier molecular flexibility index (Phi) is 5.10. The maximum absolute atomic E-state index is 5.77. The van der Waals surface area contributed by atoms with E-state index < -0.39 is 0 Å². The van der Waals surface area contributed by atoms with Crippen molar-refractivity contribution < 1.29 is 9.47 Å². The maximum atomic E-state index is 5.77. The van der Waals surface area contributed by atoms with Crippen LogP contribution in [0.5, 0.6) is 5.75 Å². The smallest absolute Gasteiger partial charge is 0.120 e. The molecule has 1 aliphatic heterocycles. The number of halogens is 2. The van der Waals surface area contributed by atoms with Crippen LogP contribution in [0.2, 0.25) is 0 Å². The molecule has 3 unspecified atom stereocenters. The fourth-order valence-corrected chi connectivity index (χ4v) is 4.43. The van der Waals surface area contributed by atoms with Crippen molar-refractivity contribution in [2.75, 3.05) is 13.7 Å². The fraction of sp³-hybridized carbons (Fsp3) is 0.571. The molecule has 0 saturated carbocycles. The summed E-state index contributed by atoms with van der Waals surface area (Å²) in [5, 5.41) is 0. The Bertz CT molecular complexity index is 409. The van der Waals surface area contributed by atoms with E-state index >= 15 is 0 Å². The summed E-state index contributed by atoms with van der Waals surface area (Å²) < 4.78 is 12.1. The van der Waals surface area contributed by atoms with Crippen LogP contribution in [-0.2, 0) is 4.74 Å². The first-order chi connectivity index (χ1) is 8.67. The van der Waals surface area contributed by atoms with Gasteiger partial charge < -0.3 is 9.47 Å². The average Bonchev–Trinajstić information content (AvgIpc) is 2.86. The predicted octanol–water partition coefficient (Wildman–Crippen LogP) is 4.71. The third-order valence-electron chi connectivity index (χ3n) is 3.54. The van der Waals surface area contributed by atoms with E-state index in [4.69, 9.17) is 9.47 Å². The van der Waals surface area contributed by atoms with Gasteiger partial charge in [0, 0.05) is 21.8 Å². The van der Waals surface area contributed by atoms with Crippen molar-refractivity contribution in [3.8, 4) is 5.75 Å². The quantitative estimate of drug-likeness (QED) is 0.707. The largest absolute Gasteiger partial charge is 0.497 e. The highest BCUT2D eigenvalue weighted by atomic mass is 79.9. The zero-order valence-electron chi connectivity index (χ0n) is 10.7. The molecule has 0 aromatic heterocycles. The normalized spacial score (nSPS) is 25.1. The van der Waals surface area contributed by atoms with E-state index in [9.17, 15) is 0 Å². The third kappa shape index (κ3) is 2.91. The number of benzene rings is 1. The molecule has 1 aromatic carbocycles. The summed E-state index contributed by atoms with van der Waals surface area (Å²) in [6, 6.07) is 6.14. The lowest BCUT2D eigenvalue weighted by Gasteiger charge is -2.23. The molecule has 1 saturated heterocycles. The van der Waals surface area contributed by atoms with Gasteiger partial charge in [0.2, 0.25) is 0 Å². The van der Waals surface area contributed by atoms with Gasteiger partial charge in [-0.25, -0.2) is 0 Å². The molecule has 2 nitrogen and oxygen atoms in total. The van der Waals surface area contributed by atoms with Crippen LogP contribution in [0.1, 0.15) is 30.2 Å². The molecule has 0 radical (unpaired) electrons. The summed E-state index contributed by atoms with van der Waals surface area (Å²) in [6.07, 6.45) is 2.55. The zero-order chi connectivity index (χ0) is 13.1. The summed E-state index contributed by atoms with van der Waals surface area (Å²) in [6.45, 7) is 3.06. The Morgan fingerprint density at radius 2 is 2.28 bits per heavy atom. The molecule has 0 amide bonds. The van der Waals surface area contributed by atoms with Gasteiger partial charge in [0.05, 0.1) is 13.2 Å². The second kappa shape index (κ2) is 6.40. The van der Waals surface area contributed by atoms with Gasteiger partial charge in [-0.3, -0.25) is 0 Å². The highest BCUT2D eigenvalue weighted by Gasteiger charge is 2.33. The van der Waals surface area contributed by atoms with E-state index in [0.29, 0.717) is 16.8 Å². The Balaban J connectivity index is 2.20. The standard InChI is InChI=1S/C14H18Br2O2/c1-3-13-11(6-7-18-13)14(16)10-5-4-9(17-2)8-12(10)15/h4-5,8,11,13-14H,3,6-7H2,1-2H3. The molecule has 0 bridgehead atoms. The molecule has 100 valence electrons. The molecule has 1 aliphatic rings. The third-order valence-corrected chi connectivity index (χ3v) is 5.40. The van der Waals surface area contributed by atoms with Gasteiger partial charge in [-0.2, -0.15) is 0 Å². The van der Waals surface area contributed by atoms with E-state index in [1.54, 1.807) is 7.11 Å². The number of rotatable bonds is 4. The minimum absolute atomic E-state index is 0.324. The molecule has 3 atom stereocenters. The summed E-state index contributed by atoms with van der Waals surface area (Å²) >= 11 is 7.47. The molecule has 1 fully saturated rings. The van der Waals surface area contributed by atoms with Crippen molar-refractivity contribution in [2.24, 2.45) is 5.92 Å². The molecule has 1 heterocycles.